The van der Waals surface area contributed by atoms with Crippen molar-refractivity contribution < 1.29 is 14.3 Å². The highest BCUT2D eigenvalue weighted by molar-refractivity contribution is 6.04. The maximum Gasteiger partial charge on any atom is 0.323 e. The first kappa shape index (κ1) is 29.6. The molecule has 42 heavy (non-hydrogen) atoms. The molecule has 3 N–H and O–H groups in total. The molecule has 0 unspecified atom stereocenters. The largest absolute Gasteiger partial charge is 0.379 e. The minimum atomic E-state index is -0.340. The number of urea groups is 1. The SMILES string of the molecule is CCc1ccc(NC(=O)Nc2ccc(N3CCC(Cc4ccccc4)CC3)c(C(=O)NCCN3CCOCC3)c2)cc1. The predicted molar refractivity (Wildman–Crippen MR) is 170 cm³/mol. The lowest BCUT2D eigenvalue weighted by atomic mass is 9.89. The maximum absolute atomic E-state index is 13.5. The van der Waals surface area contributed by atoms with Gasteiger partial charge in [-0.05, 0) is 73.1 Å². The van der Waals surface area contributed by atoms with Gasteiger partial charge < -0.3 is 25.6 Å². The minimum absolute atomic E-state index is 0.121. The van der Waals surface area contributed by atoms with Gasteiger partial charge >= 0.3 is 6.03 Å². The second-order valence-electron chi connectivity index (χ2n) is 11.2. The van der Waals surface area contributed by atoms with Crippen molar-refractivity contribution in [2.45, 2.75) is 32.6 Å². The first-order valence-electron chi connectivity index (χ1n) is 15.3. The second-order valence-corrected chi connectivity index (χ2v) is 11.2. The quantitative estimate of drug-likeness (QED) is 0.304. The highest BCUT2D eigenvalue weighted by Gasteiger charge is 2.24. The second kappa shape index (κ2) is 14.8. The van der Waals surface area contributed by atoms with Crippen molar-refractivity contribution in [3.63, 3.8) is 0 Å². The Balaban J connectivity index is 1.25. The maximum atomic E-state index is 13.5. The Hall–Kier alpha value is -3.88. The molecule has 2 aliphatic rings. The highest BCUT2D eigenvalue weighted by Crippen LogP contribution is 2.30. The average molecular weight is 570 g/mol. The van der Waals surface area contributed by atoms with Gasteiger partial charge in [0.05, 0.1) is 18.8 Å². The van der Waals surface area contributed by atoms with Crippen LogP contribution in [0.1, 0.15) is 41.3 Å². The number of nitrogens with zero attached hydrogens (tertiary/aromatic N) is 2. The van der Waals surface area contributed by atoms with Crippen LogP contribution >= 0.6 is 0 Å². The first-order valence-corrected chi connectivity index (χ1v) is 15.3. The Labute approximate surface area is 249 Å². The van der Waals surface area contributed by atoms with Crippen LogP contribution in [0.5, 0.6) is 0 Å². The van der Waals surface area contributed by atoms with Crippen molar-refractivity contribution in [1.29, 1.82) is 0 Å². The third-order valence-electron chi connectivity index (χ3n) is 8.26. The molecule has 8 heteroatoms. The van der Waals surface area contributed by atoms with Crippen molar-refractivity contribution in [2.24, 2.45) is 5.92 Å². The number of aryl methyl sites for hydroxylation is 1. The molecular formula is C34H43N5O3. The summed E-state index contributed by atoms with van der Waals surface area (Å²) in [5.41, 5.74) is 5.40. The Bertz CT molecular complexity index is 1300. The fraction of sp³-hybridized carbons (Fsp3) is 0.412. The summed E-state index contributed by atoms with van der Waals surface area (Å²) in [7, 11) is 0. The van der Waals surface area contributed by atoms with E-state index in [0.717, 1.165) is 83.0 Å². The average Bonchev–Trinajstić information content (AvgIpc) is 3.03. The van der Waals surface area contributed by atoms with Gasteiger partial charge in [-0.1, -0.05) is 49.4 Å². The van der Waals surface area contributed by atoms with E-state index in [4.69, 9.17) is 4.74 Å². The summed E-state index contributed by atoms with van der Waals surface area (Å²) in [5.74, 6) is 0.509. The number of carbonyl (C=O) groups is 2. The van der Waals surface area contributed by atoms with E-state index in [1.165, 1.54) is 11.1 Å². The van der Waals surface area contributed by atoms with Crippen LogP contribution in [0.25, 0.3) is 0 Å². The number of piperidine rings is 1. The molecule has 2 saturated heterocycles. The molecular weight excluding hydrogens is 526 g/mol. The van der Waals surface area contributed by atoms with E-state index in [2.05, 4.69) is 63.0 Å². The molecule has 0 aromatic heterocycles. The lowest BCUT2D eigenvalue weighted by Gasteiger charge is -2.35. The van der Waals surface area contributed by atoms with Crippen molar-refractivity contribution in [2.75, 3.05) is 68.0 Å². The number of hydrogen-bond donors (Lipinski definition) is 3. The molecule has 2 aliphatic heterocycles. The number of carbonyl (C=O) groups excluding carboxylic acids is 2. The van der Waals surface area contributed by atoms with Crippen LogP contribution in [0.2, 0.25) is 0 Å². The van der Waals surface area contributed by atoms with Crippen molar-refractivity contribution in [1.82, 2.24) is 10.2 Å². The number of anilines is 3. The molecule has 2 fully saturated rings. The Kier molecular flexibility index (Phi) is 10.5. The number of benzene rings is 3. The van der Waals surface area contributed by atoms with Gasteiger partial charge in [0.1, 0.15) is 0 Å². The van der Waals surface area contributed by atoms with Crippen molar-refractivity contribution >= 4 is 29.0 Å². The molecule has 0 aliphatic carbocycles. The van der Waals surface area contributed by atoms with E-state index < -0.39 is 0 Å². The number of ether oxygens (including phenoxy) is 1. The Morgan fingerprint density at radius 3 is 2.24 bits per heavy atom. The lowest BCUT2D eigenvalue weighted by molar-refractivity contribution is 0.0383. The van der Waals surface area contributed by atoms with Crippen LogP contribution in [0.4, 0.5) is 21.9 Å². The van der Waals surface area contributed by atoms with Crippen molar-refractivity contribution in [3.8, 4) is 0 Å². The lowest BCUT2D eigenvalue weighted by Crippen LogP contribution is -2.41. The van der Waals surface area contributed by atoms with Crippen LogP contribution in [0, 0.1) is 5.92 Å². The van der Waals surface area contributed by atoms with Crippen LogP contribution < -0.4 is 20.9 Å². The number of nitrogens with one attached hydrogen (secondary N) is 3. The topological polar surface area (TPSA) is 85.9 Å². The van der Waals surface area contributed by atoms with Gasteiger partial charge in [-0.25, -0.2) is 4.79 Å². The molecule has 0 atom stereocenters. The van der Waals surface area contributed by atoms with E-state index in [9.17, 15) is 9.59 Å². The Morgan fingerprint density at radius 2 is 1.52 bits per heavy atom. The van der Waals surface area contributed by atoms with E-state index in [1.54, 1.807) is 6.07 Å². The summed E-state index contributed by atoms with van der Waals surface area (Å²) in [5, 5.41) is 8.92. The van der Waals surface area contributed by atoms with Crippen LogP contribution in [-0.4, -0.2) is 69.3 Å². The minimum Gasteiger partial charge on any atom is -0.379 e. The zero-order valence-electron chi connectivity index (χ0n) is 24.6. The van der Waals surface area contributed by atoms with E-state index in [-0.39, 0.29) is 11.9 Å². The number of rotatable bonds is 10. The van der Waals surface area contributed by atoms with E-state index in [0.29, 0.717) is 23.7 Å². The smallest absolute Gasteiger partial charge is 0.323 e. The molecule has 3 amide bonds. The molecule has 3 aromatic carbocycles. The third kappa shape index (κ3) is 8.33. The van der Waals surface area contributed by atoms with Gasteiger partial charge in [0.25, 0.3) is 5.91 Å². The summed E-state index contributed by atoms with van der Waals surface area (Å²) in [4.78, 5) is 30.9. The normalized spacial score (nSPS) is 16.2. The molecule has 0 saturated carbocycles. The highest BCUT2D eigenvalue weighted by atomic mass is 16.5. The molecule has 3 aromatic rings. The van der Waals surface area contributed by atoms with Crippen LogP contribution in [0.3, 0.4) is 0 Å². The zero-order chi connectivity index (χ0) is 29.1. The third-order valence-corrected chi connectivity index (χ3v) is 8.26. The fourth-order valence-corrected chi connectivity index (χ4v) is 5.76. The molecule has 0 radical (unpaired) electrons. The summed E-state index contributed by atoms with van der Waals surface area (Å²) >= 11 is 0. The van der Waals surface area contributed by atoms with Gasteiger partial charge in [0.15, 0.2) is 0 Å². The van der Waals surface area contributed by atoms with E-state index >= 15 is 0 Å². The molecule has 2 heterocycles. The van der Waals surface area contributed by atoms with Gasteiger partial charge in [0.2, 0.25) is 0 Å². The van der Waals surface area contributed by atoms with Gasteiger partial charge in [-0.3, -0.25) is 9.69 Å². The van der Waals surface area contributed by atoms with Gasteiger partial charge in [-0.2, -0.15) is 0 Å². The van der Waals surface area contributed by atoms with Gasteiger partial charge in [-0.15, -0.1) is 0 Å². The van der Waals surface area contributed by atoms with Gasteiger partial charge in [0, 0.05) is 56.3 Å². The number of morpholine rings is 1. The molecule has 0 spiro atoms. The summed E-state index contributed by atoms with van der Waals surface area (Å²) < 4.78 is 5.44. The first-order chi connectivity index (χ1) is 20.6. The summed E-state index contributed by atoms with van der Waals surface area (Å²) in [6.45, 7) is 8.47. The zero-order valence-corrected chi connectivity index (χ0v) is 24.6. The monoisotopic (exact) mass is 569 g/mol. The van der Waals surface area contributed by atoms with Crippen LogP contribution in [0.15, 0.2) is 72.8 Å². The summed E-state index contributed by atoms with van der Waals surface area (Å²) in [6.07, 6.45) is 4.18. The Morgan fingerprint density at radius 1 is 0.833 bits per heavy atom. The van der Waals surface area contributed by atoms with E-state index in [1.807, 2.05) is 36.4 Å². The predicted octanol–water partition coefficient (Wildman–Crippen LogP) is 5.41. The summed E-state index contributed by atoms with van der Waals surface area (Å²) in [6, 6.07) is 23.8. The molecule has 0 bridgehead atoms. The number of amides is 3. The standard InChI is InChI=1S/C34H43N5O3/c1-2-26-8-10-29(11-9-26)36-34(41)37-30-12-13-32(31(25-30)33(40)35-16-19-38-20-22-42-23-21-38)39-17-14-28(15-18-39)24-27-6-4-3-5-7-27/h3-13,25,28H,2,14-24H2,1H3,(H,35,40)(H2,36,37,41). The van der Waals surface area contributed by atoms with Crippen molar-refractivity contribution in [3.05, 3.63) is 89.5 Å². The number of hydrogen-bond acceptors (Lipinski definition) is 5. The fourth-order valence-electron chi connectivity index (χ4n) is 5.76. The van der Waals surface area contributed by atoms with Crippen LogP contribution in [-0.2, 0) is 17.6 Å². The molecule has 8 nitrogen and oxygen atoms in total. The molecule has 5 rings (SSSR count). The molecule has 222 valence electrons.